The molecular weight excluding hydrogens is 421 g/mol. The fraction of sp³-hybridized carbons (Fsp3) is 0.333. The monoisotopic (exact) mass is 443 g/mol. The van der Waals surface area contributed by atoms with Crippen LogP contribution in [-0.2, 0) is 9.59 Å². The van der Waals surface area contributed by atoms with Gasteiger partial charge >= 0.3 is 0 Å². The fourth-order valence-corrected chi connectivity index (χ4v) is 4.75. The molecule has 1 amide bonds. The first kappa shape index (κ1) is 21.4. The largest absolute Gasteiger partial charge is 0.507 e. The molecule has 1 atom stereocenters. The highest BCUT2D eigenvalue weighted by molar-refractivity contribution is 6.46. The van der Waals surface area contributed by atoms with Gasteiger partial charge in [0.1, 0.15) is 17.3 Å². The van der Waals surface area contributed by atoms with Gasteiger partial charge in [-0.05, 0) is 37.1 Å². The topological polar surface area (TPSA) is 66.8 Å². The molecule has 162 valence electrons. The van der Waals surface area contributed by atoms with Crippen LogP contribution in [0.1, 0.15) is 49.3 Å². The van der Waals surface area contributed by atoms with Crippen molar-refractivity contribution in [2.75, 3.05) is 7.11 Å². The maximum absolute atomic E-state index is 14.9. The maximum atomic E-state index is 14.9. The lowest BCUT2D eigenvalue weighted by Gasteiger charge is -2.35. The van der Waals surface area contributed by atoms with E-state index in [0.717, 1.165) is 32.1 Å². The highest BCUT2D eigenvalue weighted by atomic mass is 35.5. The number of likely N-dealkylation sites (tertiary alicyclic amines) is 1. The minimum absolute atomic E-state index is 0.120. The average Bonchev–Trinajstić information content (AvgIpc) is 3.05. The Hall–Kier alpha value is -2.86. The normalized spacial score (nSPS) is 21.5. The van der Waals surface area contributed by atoms with Crippen molar-refractivity contribution in [2.24, 2.45) is 0 Å². The average molecular weight is 444 g/mol. The van der Waals surface area contributed by atoms with Gasteiger partial charge < -0.3 is 14.7 Å². The van der Waals surface area contributed by atoms with Gasteiger partial charge in [0.2, 0.25) is 0 Å². The third-order valence-electron chi connectivity index (χ3n) is 6.07. The molecule has 31 heavy (non-hydrogen) atoms. The van der Waals surface area contributed by atoms with Crippen molar-refractivity contribution in [3.05, 3.63) is 70.0 Å². The highest BCUT2D eigenvalue weighted by Crippen LogP contribution is 2.44. The first-order chi connectivity index (χ1) is 14.9. The summed E-state index contributed by atoms with van der Waals surface area (Å²) in [6, 6.07) is 9.44. The number of ketones is 1. The predicted octanol–water partition coefficient (Wildman–Crippen LogP) is 5.24. The van der Waals surface area contributed by atoms with E-state index < -0.39 is 23.5 Å². The lowest BCUT2D eigenvalue weighted by Crippen LogP contribution is -2.40. The second kappa shape index (κ2) is 8.71. The number of carbonyl (C=O) groups is 2. The molecule has 1 aliphatic carbocycles. The maximum Gasteiger partial charge on any atom is 0.295 e. The number of hydrogen-bond acceptors (Lipinski definition) is 4. The number of ether oxygens (including phenoxy) is 1. The number of aliphatic hydroxyl groups is 1. The number of aliphatic hydroxyl groups excluding tert-OH is 1. The zero-order valence-corrected chi connectivity index (χ0v) is 17.9. The molecule has 1 saturated heterocycles. The van der Waals surface area contributed by atoms with Crippen LogP contribution in [0.15, 0.2) is 48.0 Å². The summed E-state index contributed by atoms with van der Waals surface area (Å²) in [5.74, 6) is -2.11. The van der Waals surface area contributed by atoms with Gasteiger partial charge in [0.15, 0.2) is 0 Å². The molecular formula is C24H23ClFNO4. The number of nitrogens with zero attached hydrogens (tertiary/aromatic N) is 1. The van der Waals surface area contributed by atoms with Gasteiger partial charge in [-0.15, -0.1) is 0 Å². The summed E-state index contributed by atoms with van der Waals surface area (Å²) in [5.41, 5.74) is 0.337. The zero-order valence-electron chi connectivity index (χ0n) is 17.1. The molecule has 1 saturated carbocycles. The van der Waals surface area contributed by atoms with Gasteiger partial charge in [0.25, 0.3) is 11.7 Å². The van der Waals surface area contributed by atoms with Crippen LogP contribution in [0.2, 0.25) is 5.02 Å². The second-order valence-electron chi connectivity index (χ2n) is 7.87. The molecule has 2 aromatic rings. The Balaban J connectivity index is 1.90. The molecule has 1 N–H and O–H groups in total. The minimum atomic E-state index is -0.994. The summed E-state index contributed by atoms with van der Waals surface area (Å²) in [7, 11) is 1.44. The molecule has 5 nitrogen and oxygen atoms in total. The van der Waals surface area contributed by atoms with Gasteiger partial charge in [-0.3, -0.25) is 9.59 Å². The Labute approximate surface area is 185 Å². The Morgan fingerprint density at radius 2 is 1.84 bits per heavy atom. The highest BCUT2D eigenvalue weighted by Gasteiger charge is 2.49. The molecule has 7 heteroatoms. The van der Waals surface area contributed by atoms with Crippen LogP contribution < -0.4 is 4.74 Å². The van der Waals surface area contributed by atoms with Crippen LogP contribution in [0.25, 0.3) is 5.76 Å². The number of halogens is 2. The van der Waals surface area contributed by atoms with Crippen molar-refractivity contribution in [1.29, 1.82) is 0 Å². The molecule has 2 aromatic carbocycles. The quantitative estimate of drug-likeness (QED) is 0.398. The van der Waals surface area contributed by atoms with Crippen LogP contribution in [0.3, 0.4) is 0 Å². The van der Waals surface area contributed by atoms with Crippen LogP contribution >= 0.6 is 11.6 Å². The van der Waals surface area contributed by atoms with Crippen LogP contribution in [-0.4, -0.2) is 34.8 Å². The molecule has 0 spiro atoms. The van der Waals surface area contributed by atoms with E-state index >= 15 is 0 Å². The SMILES string of the molecule is COc1cc(/C(O)=C2\C(=O)C(=O)N(C3CCCCC3)C2c2ccccc2F)ccc1Cl. The van der Waals surface area contributed by atoms with E-state index in [1.54, 1.807) is 18.2 Å². The summed E-state index contributed by atoms with van der Waals surface area (Å²) in [4.78, 5) is 27.7. The van der Waals surface area contributed by atoms with E-state index in [2.05, 4.69) is 0 Å². The number of methoxy groups -OCH3 is 1. The van der Waals surface area contributed by atoms with Gasteiger partial charge in [-0.1, -0.05) is 49.1 Å². The standard InChI is InChI=1S/C24H23ClFNO4/c1-31-19-13-14(11-12-17(19)25)22(28)20-21(16-9-5-6-10-18(16)26)27(24(30)23(20)29)15-7-3-2-4-8-15/h5-6,9-13,15,21,28H,2-4,7-8H2,1H3/b22-20+. The zero-order chi connectivity index (χ0) is 22.1. The number of hydrogen-bond donors (Lipinski definition) is 1. The van der Waals surface area contributed by atoms with E-state index in [-0.39, 0.29) is 28.5 Å². The molecule has 1 heterocycles. The smallest absolute Gasteiger partial charge is 0.295 e. The van der Waals surface area contributed by atoms with Gasteiger partial charge in [-0.2, -0.15) is 0 Å². The predicted molar refractivity (Wildman–Crippen MR) is 115 cm³/mol. The first-order valence-corrected chi connectivity index (χ1v) is 10.7. The van der Waals surface area contributed by atoms with Gasteiger partial charge in [0.05, 0.1) is 23.7 Å². The third kappa shape index (κ3) is 3.81. The van der Waals surface area contributed by atoms with E-state index in [4.69, 9.17) is 16.3 Å². The summed E-state index contributed by atoms with van der Waals surface area (Å²) in [6.07, 6.45) is 4.42. The lowest BCUT2D eigenvalue weighted by atomic mass is 9.90. The van der Waals surface area contributed by atoms with Gasteiger partial charge in [-0.25, -0.2) is 4.39 Å². The summed E-state index contributed by atoms with van der Waals surface area (Å²) in [6.45, 7) is 0. The lowest BCUT2D eigenvalue weighted by molar-refractivity contribution is -0.141. The molecule has 0 aromatic heterocycles. The van der Waals surface area contributed by atoms with Crippen molar-refractivity contribution in [3.63, 3.8) is 0 Å². The van der Waals surface area contributed by atoms with Crippen LogP contribution in [0, 0.1) is 5.82 Å². The minimum Gasteiger partial charge on any atom is -0.507 e. The number of amides is 1. The Bertz CT molecular complexity index is 1060. The third-order valence-corrected chi connectivity index (χ3v) is 6.38. The number of carbonyl (C=O) groups excluding carboxylic acids is 2. The summed E-state index contributed by atoms with van der Waals surface area (Å²) >= 11 is 6.08. The Morgan fingerprint density at radius 3 is 2.52 bits per heavy atom. The van der Waals surface area contributed by atoms with Crippen molar-refractivity contribution in [1.82, 2.24) is 4.90 Å². The van der Waals surface area contributed by atoms with Crippen LogP contribution in [0.4, 0.5) is 4.39 Å². The van der Waals surface area contributed by atoms with Crippen LogP contribution in [0.5, 0.6) is 5.75 Å². The fourth-order valence-electron chi connectivity index (χ4n) is 4.55. The van der Waals surface area contributed by atoms with E-state index in [0.29, 0.717) is 10.8 Å². The van der Waals surface area contributed by atoms with Crippen molar-refractivity contribution in [3.8, 4) is 5.75 Å². The number of Topliss-reactive ketones (excluding diaryl/α,β-unsaturated/α-hetero) is 1. The molecule has 2 fully saturated rings. The molecule has 4 rings (SSSR count). The molecule has 1 aliphatic heterocycles. The number of benzene rings is 2. The molecule has 2 aliphatic rings. The van der Waals surface area contributed by atoms with E-state index in [9.17, 15) is 19.1 Å². The Morgan fingerprint density at radius 1 is 1.13 bits per heavy atom. The molecule has 1 unspecified atom stereocenters. The number of rotatable bonds is 4. The summed E-state index contributed by atoms with van der Waals surface area (Å²) in [5, 5.41) is 11.5. The Kier molecular flexibility index (Phi) is 6.01. The van der Waals surface area contributed by atoms with Crippen molar-refractivity contribution < 1.29 is 23.8 Å². The van der Waals surface area contributed by atoms with Crippen molar-refractivity contribution in [2.45, 2.75) is 44.2 Å². The summed E-state index contributed by atoms with van der Waals surface area (Å²) < 4.78 is 20.1. The first-order valence-electron chi connectivity index (χ1n) is 10.3. The van der Waals surface area contributed by atoms with Gasteiger partial charge in [0, 0.05) is 17.2 Å². The molecule has 0 radical (unpaired) electrons. The van der Waals surface area contributed by atoms with E-state index in [1.807, 2.05) is 0 Å². The van der Waals surface area contributed by atoms with Crippen molar-refractivity contribution >= 4 is 29.1 Å². The van der Waals surface area contributed by atoms with E-state index in [1.165, 1.54) is 36.3 Å². The second-order valence-corrected chi connectivity index (χ2v) is 8.28. The molecule has 0 bridgehead atoms.